The third-order valence-corrected chi connectivity index (χ3v) is 1.96. The Balaban J connectivity index is 1.70. The maximum Gasteiger partial charge on any atom is 0.279 e. The van der Waals surface area contributed by atoms with Gasteiger partial charge in [0.15, 0.2) is 0 Å². The number of tetrazole rings is 1. The van der Waals surface area contributed by atoms with Crippen LogP contribution in [0.4, 0.5) is 5.95 Å². The van der Waals surface area contributed by atoms with E-state index in [0.717, 1.165) is 18.6 Å². The third-order valence-electron chi connectivity index (χ3n) is 1.96. The van der Waals surface area contributed by atoms with E-state index in [9.17, 15) is 0 Å². The number of H-pyrrole nitrogens is 1. The highest BCUT2D eigenvalue weighted by Crippen LogP contribution is 2.04. The van der Waals surface area contributed by atoms with Gasteiger partial charge in [0.1, 0.15) is 6.54 Å². The van der Waals surface area contributed by atoms with Crippen molar-refractivity contribution in [3.63, 3.8) is 0 Å². The summed E-state index contributed by atoms with van der Waals surface area (Å²) in [6, 6.07) is 0. The summed E-state index contributed by atoms with van der Waals surface area (Å²) in [7, 11) is 0. The van der Waals surface area contributed by atoms with E-state index in [1.165, 1.54) is 5.01 Å². The van der Waals surface area contributed by atoms with E-state index in [0.29, 0.717) is 19.0 Å². The molecule has 0 unspecified atom stereocenters. The molecule has 2 rings (SSSR count). The summed E-state index contributed by atoms with van der Waals surface area (Å²) < 4.78 is 0. The van der Waals surface area contributed by atoms with Crippen LogP contribution in [0.3, 0.4) is 0 Å². The molecule has 1 aromatic rings. The minimum atomic E-state index is 0.387. The van der Waals surface area contributed by atoms with Crippen LogP contribution in [0, 0.1) is 0 Å². The van der Waals surface area contributed by atoms with Crippen molar-refractivity contribution in [2.45, 2.75) is 12.8 Å². The van der Waals surface area contributed by atoms with Gasteiger partial charge in [-0.25, -0.2) is 5.84 Å². The van der Waals surface area contributed by atoms with Gasteiger partial charge in [-0.05, 0) is 23.3 Å². The van der Waals surface area contributed by atoms with Crippen LogP contribution in [0.25, 0.3) is 0 Å². The maximum absolute atomic E-state index is 5.69. The Hall–Kier alpha value is -1.90. The number of hydrazine groups is 1. The highest BCUT2D eigenvalue weighted by molar-refractivity contribution is 5.87. The zero-order valence-corrected chi connectivity index (χ0v) is 8.04. The lowest BCUT2D eigenvalue weighted by molar-refractivity contribution is 0.752. The summed E-state index contributed by atoms with van der Waals surface area (Å²) in [4.78, 5) is 0. The van der Waals surface area contributed by atoms with E-state index in [4.69, 9.17) is 5.84 Å². The van der Waals surface area contributed by atoms with Gasteiger partial charge < -0.3 is 0 Å². The van der Waals surface area contributed by atoms with Gasteiger partial charge in [0, 0.05) is 6.54 Å². The molecule has 0 spiro atoms. The van der Waals surface area contributed by atoms with Crippen LogP contribution in [-0.2, 0) is 0 Å². The highest BCUT2D eigenvalue weighted by atomic mass is 15.6. The number of rotatable bonds is 5. The summed E-state index contributed by atoms with van der Waals surface area (Å²) in [5.74, 6) is 6.07. The summed E-state index contributed by atoms with van der Waals surface area (Å²) in [6.07, 6.45) is 1.69. The van der Waals surface area contributed by atoms with Gasteiger partial charge >= 0.3 is 0 Å². The molecule has 1 aliphatic rings. The fourth-order valence-electron chi connectivity index (χ4n) is 1.20. The first-order chi connectivity index (χ1) is 7.36. The van der Waals surface area contributed by atoms with E-state index in [1.54, 1.807) is 0 Å². The van der Waals surface area contributed by atoms with Crippen molar-refractivity contribution < 1.29 is 0 Å². The van der Waals surface area contributed by atoms with Crippen molar-refractivity contribution in [1.29, 1.82) is 0 Å². The second-order valence-corrected chi connectivity index (χ2v) is 3.06. The topological polar surface area (TPSA) is 121 Å². The van der Waals surface area contributed by atoms with E-state index < -0.39 is 0 Å². The molecule has 0 aliphatic carbocycles. The smallest absolute Gasteiger partial charge is 0.276 e. The zero-order chi connectivity index (χ0) is 10.5. The Kier molecular flexibility index (Phi) is 2.93. The van der Waals surface area contributed by atoms with Crippen molar-refractivity contribution in [2.75, 3.05) is 18.1 Å². The van der Waals surface area contributed by atoms with E-state index >= 15 is 0 Å². The molecule has 2 heterocycles. The fraction of sp³-hybridized carbons (Fsp3) is 0.667. The number of aromatic nitrogens is 4. The quantitative estimate of drug-likeness (QED) is 0.499. The number of nitrogens with zero attached hydrogens (tertiary/aromatic N) is 7. The molecule has 0 saturated heterocycles. The summed E-state index contributed by atoms with van der Waals surface area (Å²) in [5.41, 5.74) is 0.983. The molecule has 3 N–H and O–H groups in total. The van der Waals surface area contributed by atoms with Crippen molar-refractivity contribution in [3.05, 3.63) is 0 Å². The number of nitrogens with two attached hydrogens (primary N) is 1. The molecular weight excluding hydrogens is 198 g/mol. The third kappa shape index (κ3) is 2.53. The number of anilines is 1. The maximum atomic E-state index is 5.69. The van der Waals surface area contributed by atoms with Crippen LogP contribution >= 0.6 is 0 Å². The lowest BCUT2D eigenvalue weighted by atomic mass is 10.2. The minimum absolute atomic E-state index is 0.387. The molecule has 0 amide bonds. The largest absolute Gasteiger partial charge is 0.279 e. The van der Waals surface area contributed by atoms with Crippen molar-refractivity contribution in [1.82, 2.24) is 20.6 Å². The fourth-order valence-corrected chi connectivity index (χ4v) is 1.20. The van der Waals surface area contributed by atoms with Gasteiger partial charge in [-0.1, -0.05) is 5.10 Å². The van der Waals surface area contributed by atoms with Gasteiger partial charge in [-0.2, -0.15) is 10.3 Å². The van der Waals surface area contributed by atoms with E-state index in [1.807, 2.05) is 0 Å². The lowest BCUT2D eigenvalue weighted by Crippen LogP contribution is -2.33. The first-order valence-electron chi connectivity index (χ1n) is 4.54. The predicted octanol–water partition coefficient (Wildman–Crippen LogP) is -0.518. The van der Waals surface area contributed by atoms with Crippen LogP contribution in [-0.4, -0.2) is 39.4 Å². The average Bonchev–Trinajstić information content (AvgIpc) is 2.90. The number of hydrogen-bond donors (Lipinski definition) is 2. The molecule has 0 radical (unpaired) electrons. The number of hydrogen-bond acceptors (Lipinski definition) is 8. The molecule has 0 bridgehead atoms. The van der Waals surface area contributed by atoms with E-state index in [-0.39, 0.29) is 0 Å². The molecule has 80 valence electrons. The van der Waals surface area contributed by atoms with Gasteiger partial charge in [0.05, 0.1) is 5.71 Å². The van der Waals surface area contributed by atoms with Crippen LogP contribution in [0.2, 0.25) is 0 Å². The van der Waals surface area contributed by atoms with Crippen molar-refractivity contribution >= 4 is 11.7 Å². The number of aromatic amines is 1. The van der Waals surface area contributed by atoms with Gasteiger partial charge in [0.25, 0.3) is 5.95 Å². The number of nitrogens with one attached hydrogen (secondary N) is 1. The molecule has 1 aromatic heterocycles. The van der Waals surface area contributed by atoms with Gasteiger partial charge in [-0.3, -0.25) is 5.01 Å². The Morgan fingerprint density at radius 3 is 3.07 bits per heavy atom. The van der Waals surface area contributed by atoms with Gasteiger partial charge in [0.2, 0.25) is 0 Å². The van der Waals surface area contributed by atoms with Crippen LogP contribution in [0.15, 0.2) is 15.4 Å². The van der Waals surface area contributed by atoms with Crippen LogP contribution in [0.1, 0.15) is 12.8 Å². The molecule has 1 aliphatic heterocycles. The summed E-state index contributed by atoms with van der Waals surface area (Å²) in [5, 5.41) is 25.8. The molecular formula is C6H11N9. The van der Waals surface area contributed by atoms with Crippen molar-refractivity contribution in [3.8, 4) is 0 Å². The summed E-state index contributed by atoms with van der Waals surface area (Å²) >= 11 is 0. The SMILES string of the molecule is NN(CCCC1=NN=NC1)c1nn[nH]n1. The zero-order valence-electron chi connectivity index (χ0n) is 8.04. The first kappa shape index (κ1) is 9.65. The predicted molar refractivity (Wildman–Crippen MR) is 52.1 cm³/mol. The van der Waals surface area contributed by atoms with Crippen LogP contribution in [0.5, 0.6) is 0 Å². The normalized spacial score (nSPS) is 14.3. The Bertz CT molecular complexity index is 353. The van der Waals surface area contributed by atoms with Crippen LogP contribution < -0.4 is 10.9 Å². The Labute approximate surface area is 85.4 Å². The monoisotopic (exact) mass is 209 g/mol. The second-order valence-electron chi connectivity index (χ2n) is 3.06. The molecule has 0 fully saturated rings. The molecule has 15 heavy (non-hydrogen) atoms. The molecule has 9 heteroatoms. The minimum Gasteiger partial charge on any atom is -0.276 e. The van der Waals surface area contributed by atoms with E-state index in [2.05, 4.69) is 36.1 Å². The van der Waals surface area contributed by atoms with Crippen molar-refractivity contribution in [2.24, 2.45) is 21.3 Å². The lowest BCUT2D eigenvalue weighted by Gasteiger charge is -2.12. The molecule has 0 atom stereocenters. The summed E-state index contributed by atoms with van der Waals surface area (Å²) in [6.45, 7) is 1.24. The Morgan fingerprint density at radius 2 is 2.40 bits per heavy atom. The highest BCUT2D eigenvalue weighted by Gasteiger charge is 2.08. The second kappa shape index (κ2) is 4.55. The average molecular weight is 209 g/mol. The van der Waals surface area contributed by atoms with Gasteiger partial charge in [-0.15, -0.1) is 10.2 Å². The molecule has 0 aromatic carbocycles. The first-order valence-corrected chi connectivity index (χ1v) is 4.54. The molecule has 0 saturated carbocycles. The Morgan fingerprint density at radius 1 is 1.47 bits per heavy atom. The molecule has 9 nitrogen and oxygen atoms in total. The standard InChI is InChI=1S/C6H11N9/c7-15(6-10-13-14-11-6)3-1-2-5-4-8-12-9-5/h1-4,7H2,(H,10,11,13,14).